The van der Waals surface area contributed by atoms with Crippen LogP contribution in [0.2, 0.25) is 0 Å². The number of sulfonamides is 1. The van der Waals surface area contributed by atoms with E-state index in [0.29, 0.717) is 24.6 Å². The van der Waals surface area contributed by atoms with Crippen LogP contribution >= 0.6 is 10.6 Å². The van der Waals surface area contributed by atoms with Crippen molar-refractivity contribution < 1.29 is 45.7 Å². The molecule has 40 heavy (non-hydrogen) atoms. The zero-order chi connectivity index (χ0) is 28.2. The molecule has 12 nitrogen and oxygen atoms in total. The molecule has 1 aromatic rings. The number of ether oxygens (including phenoxy) is 1. The number of hydrogen-bond acceptors (Lipinski definition) is 11. The van der Waals surface area contributed by atoms with E-state index in [2.05, 4.69) is 9.89 Å². The van der Waals surface area contributed by atoms with E-state index in [1.54, 1.807) is 0 Å². The number of fused-ring (bicyclic) bond motifs is 1. The van der Waals surface area contributed by atoms with Crippen LogP contribution in [-0.2, 0) is 32.7 Å². The van der Waals surface area contributed by atoms with Crippen molar-refractivity contribution in [1.29, 1.82) is 0 Å². The van der Waals surface area contributed by atoms with Gasteiger partial charge in [0.2, 0.25) is 10.0 Å². The summed E-state index contributed by atoms with van der Waals surface area (Å²) in [6.07, 6.45) is 0.151. The number of likely N-dealkylation sites (tertiary alicyclic amines) is 1. The number of piperidine rings is 1. The zero-order valence-electron chi connectivity index (χ0n) is 21.5. The van der Waals surface area contributed by atoms with Crippen LogP contribution in [0.4, 0.5) is 4.39 Å². The van der Waals surface area contributed by atoms with E-state index >= 15 is 0 Å². The number of aliphatic hydroxyl groups excluding tert-OH is 2. The van der Waals surface area contributed by atoms with Crippen LogP contribution in [0.25, 0.3) is 0 Å². The number of carbonyl (C=O) groups is 2. The van der Waals surface area contributed by atoms with Crippen molar-refractivity contribution in [3.63, 3.8) is 0 Å². The van der Waals surface area contributed by atoms with Crippen LogP contribution in [0.15, 0.2) is 44.8 Å². The largest absolute Gasteiger partial charge is 0.461 e. The van der Waals surface area contributed by atoms with Crippen LogP contribution in [0.5, 0.6) is 0 Å². The normalized spacial score (nSPS) is 32.4. The molecule has 2 unspecified atom stereocenters. The molecule has 3 fully saturated rings. The van der Waals surface area contributed by atoms with Crippen molar-refractivity contribution in [2.45, 2.75) is 67.8 Å². The van der Waals surface area contributed by atoms with Gasteiger partial charge in [0.25, 0.3) is 0 Å². The summed E-state index contributed by atoms with van der Waals surface area (Å²) in [5.74, 6) is -3.58. The molecule has 4 aliphatic heterocycles. The van der Waals surface area contributed by atoms with Crippen molar-refractivity contribution in [2.24, 2.45) is 4.99 Å². The first-order chi connectivity index (χ1) is 19.1. The van der Waals surface area contributed by atoms with E-state index < -0.39 is 62.0 Å². The van der Waals surface area contributed by atoms with Gasteiger partial charge in [0.15, 0.2) is 12.2 Å². The molecule has 218 valence electrons. The lowest BCUT2D eigenvalue weighted by Crippen LogP contribution is -2.46. The number of hydrogen-bond donors (Lipinski definition) is 2. The van der Waals surface area contributed by atoms with Gasteiger partial charge in [-0.15, -0.1) is 0 Å². The van der Waals surface area contributed by atoms with Crippen molar-refractivity contribution >= 4 is 37.8 Å². The van der Waals surface area contributed by atoms with E-state index in [1.165, 1.54) is 31.4 Å². The first kappa shape index (κ1) is 27.6. The second-order valence-corrected chi connectivity index (χ2v) is 14.5. The highest BCUT2D eigenvalue weighted by atomic mass is 32.3. The number of carbonyl (C=O) groups excluding carboxylic acids is 2. The SMILES string of the molecule is O=C1OS2(OC(=O)C(O)C1O)C(OC1CCN(C3CCC3)CC1)=NC1=C2CN(S(=O)(=O)c2ccccc2F)CC1. The number of aliphatic hydroxyl groups is 2. The molecule has 2 saturated heterocycles. The number of halogens is 1. The molecule has 0 bridgehead atoms. The van der Waals surface area contributed by atoms with Gasteiger partial charge in [0.1, 0.15) is 21.7 Å². The summed E-state index contributed by atoms with van der Waals surface area (Å²) in [6, 6.07) is 5.52. The van der Waals surface area contributed by atoms with Gasteiger partial charge >= 0.3 is 17.2 Å². The molecule has 2 N–H and O–H groups in total. The van der Waals surface area contributed by atoms with Crippen molar-refractivity contribution in [3.8, 4) is 0 Å². The molecule has 6 rings (SSSR count). The summed E-state index contributed by atoms with van der Waals surface area (Å²) >= 11 is 0. The van der Waals surface area contributed by atoms with Crippen LogP contribution < -0.4 is 0 Å². The lowest BCUT2D eigenvalue weighted by molar-refractivity contribution is -0.156. The summed E-state index contributed by atoms with van der Waals surface area (Å²) < 4.78 is 59.6. The Morgan fingerprint density at radius 2 is 1.65 bits per heavy atom. The Labute approximate surface area is 232 Å². The first-order valence-corrected chi connectivity index (χ1v) is 16.1. The highest BCUT2D eigenvalue weighted by molar-refractivity contribution is 8.41. The smallest absolute Gasteiger partial charge is 0.361 e. The average Bonchev–Trinajstić information content (AvgIpc) is 3.15. The molecule has 1 aliphatic carbocycles. The minimum atomic E-state index is -4.34. The van der Waals surface area contributed by atoms with Crippen molar-refractivity contribution in [1.82, 2.24) is 9.21 Å². The molecular weight excluding hydrogens is 569 g/mol. The molecule has 1 saturated carbocycles. The van der Waals surface area contributed by atoms with Gasteiger partial charge in [0.05, 0.1) is 12.2 Å². The van der Waals surface area contributed by atoms with E-state index in [0.717, 1.165) is 29.5 Å². The molecule has 4 heterocycles. The maximum Gasteiger partial charge on any atom is 0.361 e. The third-order valence-corrected chi connectivity index (χ3v) is 12.3. The second-order valence-electron chi connectivity index (χ2n) is 10.4. The Kier molecular flexibility index (Phi) is 7.15. The predicted molar refractivity (Wildman–Crippen MR) is 139 cm³/mol. The van der Waals surface area contributed by atoms with Gasteiger partial charge in [-0.25, -0.2) is 22.4 Å². The van der Waals surface area contributed by atoms with Gasteiger partial charge < -0.3 is 28.2 Å². The molecule has 15 heteroatoms. The number of nitrogens with zero attached hydrogens (tertiary/aromatic N) is 3. The molecule has 5 aliphatic rings. The summed E-state index contributed by atoms with van der Waals surface area (Å²) in [7, 11) is -7.98. The quantitative estimate of drug-likeness (QED) is 0.517. The number of aliphatic imine (C=N–C) groups is 1. The molecule has 1 spiro atoms. The molecule has 0 amide bonds. The summed E-state index contributed by atoms with van der Waals surface area (Å²) in [4.78, 5) is 32.0. The van der Waals surface area contributed by atoms with Gasteiger partial charge in [-0.05, 0) is 48.4 Å². The summed E-state index contributed by atoms with van der Waals surface area (Å²) in [6.45, 7) is 1.10. The Morgan fingerprint density at radius 3 is 2.25 bits per heavy atom. The van der Waals surface area contributed by atoms with Crippen LogP contribution in [0, 0.1) is 5.82 Å². The van der Waals surface area contributed by atoms with E-state index in [9.17, 15) is 32.6 Å². The first-order valence-electron chi connectivity index (χ1n) is 13.2. The van der Waals surface area contributed by atoms with Crippen molar-refractivity contribution in [3.05, 3.63) is 40.7 Å². The summed E-state index contributed by atoms with van der Waals surface area (Å²) in [5.41, 5.74) is 0.323. The Balaban J connectivity index is 1.30. The molecule has 2 atom stereocenters. The summed E-state index contributed by atoms with van der Waals surface area (Å²) in [5, 5.41) is 20.1. The van der Waals surface area contributed by atoms with E-state index in [-0.39, 0.29) is 29.2 Å². The maximum absolute atomic E-state index is 14.5. The Hall–Kier alpha value is -2.56. The third-order valence-electron chi connectivity index (χ3n) is 7.99. The predicted octanol–water partition coefficient (Wildman–Crippen LogP) is 1.29. The van der Waals surface area contributed by atoms with Crippen LogP contribution in [0.1, 0.15) is 38.5 Å². The van der Waals surface area contributed by atoms with Crippen molar-refractivity contribution in [2.75, 3.05) is 26.2 Å². The monoisotopic (exact) mass is 599 g/mol. The lowest BCUT2D eigenvalue weighted by atomic mass is 9.90. The van der Waals surface area contributed by atoms with E-state index in [4.69, 9.17) is 13.1 Å². The second kappa shape index (κ2) is 10.4. The zero-order valence-corrected chi connectivity index (χ0v) is 23.1. The fourth-order valence-corrected chi connectivity index (χ4v) is 9.53. The van der Waals surface area contributed by atoms with Crippen LogP contribution in [-0.4, -0.2) is 95.5 Å². The fraction of sp³-hybridized carbons (Fsp3) is 0.560. The molecule has 0 radical (unpaired) electrons. The van der Waals surface area contributed by atoms with Crippen LogP contribution in [0.3, 0.4) is 0 Å². The maximum atomic E-state index is 14.5. The number of rotatable bonds is 4. The van der Waals surface area contributed by atoms with Gasteiger partial charge in [0, 0.05) is 32.1 Å². The third kappa shape index (κ3) is 4.61. The molecule has 0 aromatic heterocycles. The molecule has 1 aromatic carbocycles. The Morgan fingerprint density at radius 1 is 1.00 bits per heavy atom. The average molecular weight is 600 g/mol. The standard InChI is InChI=1S/C25H30FN3O9S2/c26-17-6-1-2-7-19(17)40(34,35)29-13-10-18-20(14-29)39(37-23(32)21(30)22(31)24(33)38-39)25(27-18)36-16-8-11-28(12-9-16)15-4-3-5-15/h1-2,6-7,15-16,21-22,30-31H,3-5,8-14H2. The molecular formula is C25H30FN3O9S2. The van der Waals surface area contributed by atoms with E-state index in [1.807, 2.05) is 0 Å². The Bertz CT molecular complexity index is 1370. The van der Waals surface area contributed by atoms with Gasteiger partial charge in [-0.2, -0.15) is 9.30 Å². The minimum Gasteiger partial charge on any atom is -0.461 e. The topological polar surface area (TPSA) is 155 Å². The van der Waals surface area contributed by atoms with Gasteiger partial charge in [-0.3, -0.25) is 0 Å². The van der Waals surface area contributed by atoms with Gasteiger partial charge in [-0.1, -0.05) is 18.6 Å². The fourth-order valence-electron chi connectivity index (χ4n) is 5.45. The lowest BCUT2D eigenvalue weighted by Gasteiger charge is -2.43. The highest BCUT2D eigenvalue weighted by Crippen LogP contribution is 2.66. The number of benzene rings is 1. The minimum absolute atomic E-state index is 0.0466. The highest BCUT2D eigenvalue weighted by Gasteiger charge is 2.55.